The third-order valence-electron chi connectivity index (χ3n) is 4.46. The van der Waals surface area contributed by atoms with Crippen molar-refractivity contribution in [2.45, 2.75) is 19.8 Å². The molecule has 6 nitrogen and oxygen atoms in total. The number of rotatable bonds is 9. The molecule has 0 bridgehead atoms. The molecular formula is C21H30IN3O3. The Bertz CT molecular complexity index is 683. The van der Waals surface area contributed by atoms with E-state index in [-0.39, 0.29) is 24.0 Å². The standard InChI is InChI=1S/C21H29N3O3.HI/c1-17-4-6-20(7-5-17)27-14-11-23-21(24-15-18-9-13-25-16-18)22-10-8-19-3-2-12-26-19;/h2-7,12,18H,8-11,13-16H2,1H3,(H2,22,23,24);1H. The molecule has 0 spiro atoms. The molecule has 2 heterocycles. The van der Waals surface area contributed by atoms with Gasteiger partial charge in [0.15, 0.2) is 5.96 Å². The van der Waals surface area contributed by atoms with Crippen LogP contribution in [0.5, 0.6) is 5.75 Å². The van der Waals surface area contributed by atoms with Crippen LogP contribution in [0.25, 0.3) is 0 Å². The van der Waals surface area contributed by atoms with Gasteiger partial charge in [0.05, 0.1) is 19.4 Å². The van der Waals surface area contributed by atoms with Gasteiger partial charge in [0, 0.05) is 32.0 Å². The van der Waals surface area contributed by atoms with Crippen molar-refractivity contribution in [1.82, 2.24) is 10.6 Å². The first-order chi connectivity index (χ1) is 13.3. The zero-order valence-electron chi connectivity index (χ0n) is 16.4. The topological polar surface area (TPSA) is 68.0 Å². The van der Waals surface area contributed by atoms with Crippen LogP contribution in [-0.4, -0.2) is 45.4 Å². The minimum Gasteiger partial charge on any atom is -0.492 e. The molecule has 2 aromatic rings. The predicted octanol–water partition coefficient (Wildman–Crippen LogP) is 3.40. The molecular weight excluding hydrogens is 469 g/mol. The highest BCUT2D eigenvalue weighted by molar-refractivity contribution is 14.0. The zero-order valence-corrected chi connectivity index (χ0v) is 18.7. The molecule has 0 radical (unpaired) electrons. The summed E-state index contributed by atoms with van der Waals surface area (Å²) >= 11 is 0. The van der Waals surface area contributed by atoms with Crippen LogP contribution in [-0.2, 0) is 11.2 Å². The molecule has 1 aromatic heterocycles. The Kier molecular flexibility index (Phi) is 10.2. The largest absolute Gasteiger partial charge is 0.492 e. The Morgan fingerprint density at radius 3 is 2.71 bits per heavy atom. The van der Waals surface area contributed by atoms with E-state index in [1.807, 2.05) is 24.3 Å². The van der Waals surface area contributed by atoms with Crippen LogP contribution in [0.2, 0.25) is 0 Å². The molecule has 28 heavy (non-hydrogen) atoms. The fourth-order valence-electron chi connectivity index (χ4n) is 2.85. The maximum Gasteiger partial charge on any atom is 0.191 e. The van der Waals surface area contributed by atoms with E-state index < -0.39 is 0 Å². The normalized spacial score (nSPS) is 16.5. The first-order valence-corrected chi connectivity index (χ1v) is 9.61. The van der Waals surface area contributed by atoms with Gasteiger partial charge < -0.3 is 24.5 Å². The minimum atomic E-state index is 0. The van der Waals surface area contributed by atoms with Crippen LogP contribution >= 0.6 is 24.0 Å². The summed E-state index contributed by atoms with van der Waals surface area (Å²) < 4.78 is 16.6. The summed E-state index contributed by atoms with van der Waals surface area (Å²) in [7, 11) is 0. The van der Waals surface area contributed by atoms with E-state index in [2.05, 4.69) is 29.7 Å². The van der Waals surface area contributed by atoms with Crippen molar-refractivity contribution in [1.29, 1.82) is 0 Å². The van der Waals surface area contributed by atoms with Crippen LogP contribution in [0.1, 0.15) is 17.7 Å². The fraction of sp³-hybridized carbons (Fsp3) is 0.476. The maximum absolute atomic E-state index is 5.77. The van der Waals surface area contributed by atoms with Gasteiger partial charge in [-0.1, -0.05) is 17.7 Å². The van der Waals surface area contributed by atoms with E-state index in [0.29, 0.717) is 19.1 Å². The van der Waals surface area contributed by atoms with E-state index >= 15 is 0 Å². The number of nitrogens with zero attached hydrogens (tertiary/aromatic N) is 1. The van der Waals surface area contributed by atoms with Crippen LogP contribution < -0.4 is 15.4 Å². The molecule has 154 valence electrons. The molecule has 2 N–H and O–H groups in total. The molecule has 1 saturated heterocycles. The van der Waals surface area contributed by atoms with Gasteiger partial charge in [-0.05, 0) is 37.6 Å². The van der Waals surface area contributed by atoms with Gasteiger partial charge in [0.1, 0.15) is 18.1 Å². The number of aryl methyl sites for hydroxylation is 1. The molecule has 0 saturated carbocycles. The highest BCUT2D eigenvalue weighted by Crippen LogP contribution is 2.12. The molecule has 3 rings (SSSR count). The highest BCUT2D eigenvalue weighted by atomic mass is 127. The molecule has 1 aliphatic rings. The van der Waals surface area contributed by atoms with Crippen molar-refractivity contribution in [3.05, 3.63) is 54.0 Å². The van der Waals surface area contributed by atoms with Crippen LogP contribution in [0.3, 0.4) is 0 Å². The number of nitrogens with one attached hydrogen (secondary N) is 2. The number of aliphatic imine (C=N–C) groups is 1. The minimum absolute atomic E-state index is 0. The van der Waals surface area contributed by atoms with Gasteiger partial charge in [0.25, 0.3) is 0 Å². The SMILES string of the molecule is Cc1ccc(OCCNC(=NCC2CCOC2)NCCc2ccco2)cc1.I. The first-order valence-electron chi connectivity index (χ1n) is 9.61. The van der Waals surface area contributed by atoms with E-state index in [4.69, 9.17) is 18.9 Å². The van der Waals surface area contributed by atoms with E-state index in [9.17, 15) is 0 Å². The average molecular weight is 499 g/mol. The van der Waals surface area contributed by atoms with Crippen LogP contribution in [0.4, 0.5) is 0 Å². The number of guanidine groups is 1. The van der Waals surface area contributed by atoms with Gasteiger partial charge in [0.2, 0.25) is 0 Å². The maximum atomic E-state index is 5.77. The van der Waals surface area contributed by atoms with Crippen molar-refractivity contribution in [3.8, 4) is 5.75 Å². The highest BCUT2D eigenvalue weighted by Gasteiger charge is 2.15. The quantitative estimate of drug-likeness (QED) is 0.240. The summed E-state index contributed by atoms with van der Waals surface area (Å²) in [6.07, 6.45) is 3.60. The average Bonchev–Trinajstić information content (AvgIpc) is 3.38. The molecule has 1 atom stereocenters. The number of hydrogen-bond donors (Lipinski definition) is 2. The van der Waals surface area contributed by atoms with Gasteiger partial charge in [-0.25, -0.2) is 0 Å². The Morgan fingerprint density at radius 2 is 2.00 bits per heavy atom. The van der Waals surface area contributed by atoms with Gasteiger partial charge >= 0.3 is 0 Å². The number of benzene rings is 1. The first kappa shape index (κ1) is 22.5. The third kappa shape index (κ3) is 8.10. The lowest BCUT2D eigenvalue weighted by atomic mass is 10.1. The second-order valence-corrected chi connectivity index (χ2v) is 6.76. The van der Waals surface area contributed by atoms with E-state index in [0.717, 1.165) is 56.6 Å². The molecule has 1 aliphatic heterocycles. The van der Waals surface area contributed by atoms with Crippen molar-refractivity contribution < 1.29 is 13.9 Å². The van der Waals surface area contributed by atoms with Gasteiger partial charge in [-0.2, -0.15) is 0 Å². The van der Waals surface area contributed by atoms with Gasteiger partial charge in [-0.15, -0.1) is 24.0 Å². The molecule has 0 aliphatic carbocycles. The summed E-state index contributed by atoms with van der Waals surface area (Å²) in [6, 6.07) is 12.0. The number of ether oxygens (including phenoxy) is 2. The lowest BCUT2D eigenvalue weighted by Gasteiger charge is -2.14. The van der Waals surface area contributed by atoms with Crippen molar-refractivity contribution in [2.24, 2.45) is 10.9 Å². The molecule has 7 heteroatoms. The van der Waals surface area contributed by atoms with E-state index in [1.165, 1.54) is 5.56 Å². The van der Waals surface area contributed by atoms with Crippen molar-refractivity contribution in [2.75, 3.05) is 39.5 Å². The third-order valence-corrected chi connectivity index (χ3v) is 4.46. The Labute approximate surface area is 184 Å². The number of furan rings is 1. The second kappa shape index (κ2) is 12.7. The monoisotopic (exact) mass is 499 g/mol. The zero-order chi connectivity index (χ0) is 18.7. The predicted molar refractivity (Wildman–Crippen MR) is 122 cm³/mol. The molecule has 1 unspecified atom stereocenters. The Morgan fingerprint density at radius 1 is 1.18 bits per heavy atom. The summed E-state index contributed by atoms with van der Waals surface area (Å²) in [5.74, 6) is 3.17. The Hall–Kier alpha value is -1.74. The van der Waals surface area contributed by atoms with Gasteiger partial charge in [-0.3, -0.25) is 4.99 Å². The number of hydrogen-bond acceptors (Lipinski definition) is 4. The fourth-order valence-corrected chi connectivity index (χ4v) is 2.85. The summed E-state index contributed by atoms with van der Waals surface area (Å²) in [4.78, 5) is 4.71. The van der Waals surface area contributed by atoms with Crippen LogP contribution in [0.15, 0.2) is 52.1 Å². The lowest BCUT2D eigenvalue weighted by molar-refractivity contribution is 0.187. The summed E-state index contributed by atoms with van der Waals surface area (Å²) in [5, 5.41) is 6.72. The molecule has 1 fully saturated rings. The second-order valence-electron chi connectivity index (χ2n) is 6.76. The van der Waals surface area contributed by atoms with Crippen molar-refractivity contribution >= 4 is 29.9 Å². The van der Waals surface area contributed by atoms with Crippen molar-refractivity contribution in [3.63, 3.8) is 0 Å². The lowest BCUT2D eigenvalue weighted by Crippen LogP contribution is -2.40. The molecule has 0 amide bonds. The number of halogens is 1. The summed E-state index contributed by atoms with van der Waals surface area (Å²) in [5.41, 5.74) is 1.23. The smallest absolute Gasteiger partial charge is 0.191 e. The summed E-state index contributed by atoms with van der Waals surface area (Å²) in [6.45, 7) is 6.52. The van der Waals surface area contributed by atoms with E-state index in [1.54, 1.807) is 6.26 Å². The Balaban J connectivity index is 0.00000280. The van der Waals surface area contributed by atoms with Crippen LogP contribution in [0, 0.1) is 12.8 Å². The molecule has 1 aromatic carbocycles.